The average molecular weight is 253 g/mol. The van der Waals surface area contributed by atoms with Crippen molar-refractivity contribution in [3.63, 3.8) is 0 Å². The maximum Gasteiger partial charge on any atom is 0.334 e. The summed E-state index contributed by atoms with van der Waals surface area (Å²) < 4.78 is 6.15. The van der Waals surface area contributed by atoms with Gasteiger partial charge in [-0.1, -0.05) is 28.1 Å². The third-order valence-electron chi connectivity index (χ3n) is 2.13. The monoisotopic (exact) mass is 252 g/mol. The van der Waals surface area contributed by atoms with E-state index in [4.69, 9.17) is 4.74 Å². The van der Waals surface area contributed by atoms with Gasteiger partial charge in [0.15, 0.2) is 0 Å². The summed E-state index contributed by atoms with van der Waals surface area (Å²) in [5, 5.41) is 0. The summed E-state index contributed by atoms with van der Waals surface area (Å²) in [7, 11) is 0. The predicted molar refractivity (Wildman–Crippen MR) is 56.7 cm³/mol. The molecule has 3 heteroatoms. The lowest BCUT2D eigenvalue weighted by Crippen LogP contribution is -2.00. The van der Waals surface area contributed by atoms with E-state index in [9.17, 15) is 4.79 Å². The van der Waals surface area contributed by atoms with Crippen LogP contribution in [0.15, 0.2) is 40.4 Å². The molecule has 0 aromatic heterocycles. The molecule has 1 unspecified atom stereocenters. The fraction of sp³-hybridized carbons (Fsp3) is 0.182. The molecule has 0 fully saturated rings. The maximum atomic E-state index is 11.1. The summed E-state index contributed by atoms with van der Waals surface area (Å²) in [5.74, 6) is -0.227. The van der Waals surface area contributed by atoms with Gasteiger partial charge in [0.25, 0.3) is 0 Å². The second-order valence-electron chi connectivity index (χ2n) is 3.23. The van der Waals surface area contributed by atoms with Crippen molar-refractivity contribution >= 4 is 21.9 Å². The number of hydrogen-bond donors (Lipinski definition) is 0. The summed E-state index contributed by atoms with van der Waals surface area (Å²) in [5.41, 5.74) is 1.67. The number of halogens is 1. The van der Waals surface area contributed by atoms with E-state index in [-0.39, 0.29) is 12.1 Å². The van der Waals surface area contributed by atoms with Gasteiger partial charge in [0.05, 0.1) is 0 Å². The van der Waals surface area contributed by atoms with Crippen molar-refractivity contribution in [2.24, 2.45) is 0 Å². The van der Waals surface area contributed by atoms with Gasteiger partial charge < -0.3 is 4.74 Å². The number of esters is 1. The summed E-state index contributed by atoms with van der Waals surface area (Å²) in [6.07, 6.45) is 1.62. The highest BCUT2D eigenvalue weighted by Gasteiger charge is 2.23. The second kappa shape index (κ2) is 3.58. The number of benzene rings is 1. The summed E-state index contributed by atoms with van der Waals surface area (Å²) >= 11 is 3.38. The zero-order valence-corrected chi connectivity index (χ0v) is 9.24. The van der Waals surface area contributed by atoms with Gasteiger partial charge in [0.1, 0.15) is 6.10 Å². The van der Waals surface area contributed by atoms with Gasteiger partial charge in [0.2, 0.25) is 0 Å². The molecule has 1 aromatic rings. The Kier molecular flexibility index (Phi) is 2.42. The topological polar surface area (TPSA) is 26.3 Å². The molecule has 0 bridgehead atoms. The molecule has 1 aliphatic heterocycles. The minimum Gasteiger partial charge on any atom is -0.450 e. The van der Waals surface area contributed by atoms with Crippen LogP contribution in [0.25, 0.3) is 0 Å². The number of carbonyl (C=O) groups is 1. The van der Waals surface area contributed by atoms with Gasteiger partial charge in [-0.25, -0.2) is 4.79 Å². The van der Waals surface area contributed by atoms with Crippen molar-refractivity contribution in [3.05, 3.63) is 46.0 Å². The molecule has 0 aliphatic carbocycles. The molecule has 1 aliphatic rings. The molecule has 2 rings (SSSR count). The fourth-order valence-electron chi connectivity index (χ4n) is 1.39. The van der Waals surface area contributed by atoms with Crippen LogP contribution in [-0.4, -0.2) is 5.97 Å². The fourth-order valence-corrected chi connectivity index (χ4v) is 1.80. The minimum atomic E-state index is -0.227. The van der Waals surface area contributed by atoms with Crippen LogP contribution in [-0.2, 0) is 9.53 Å². The number of ether oxygens (including phenoxy) is 1. The Hall–Kier alpha value is -1.09. The van der Waals surface area contributed by atoms with Crippen LogP contribution in [0, 0.1) is 0 Å². The molecule has 0 spiro atoms. The molecule has 1 heterocycles. The molecular weight excluding hydrogens is 244 g/mol. The lowest BCUT2D eigenvalue weighted by atomic mass is 10.1. The predicted octanol–water partition coefficient (Wildman–Crippen LogP) is 2.99. The van der Waals surface area contributed by atoms with Crippen LogP contribution >= 0.6 is 15.9 Å². The van der Waals surface area contributed by atoms with E-state index in [0.717, 1.165) is 10.0 Å². The normalized spacial score (nSPS) is 20.6. The molecule has 1 aromatic carbocycles. The molecule has 0 radical (unpaired) electrons. The molecule has 0 amide bonds. The van der Waals surface area contributed by atoms with Gasteiger partial charge in [-0.15, -0.1) is 0 Å². The molecule has 72 valence electrons. The third kappa shape index (κ3) is 1.73. The highest BCUT2D eigenvalue weighted by molar-refractivity contribution is 9.10. The van der Waals surface area contributed by atoms with Crippen molar-refractivity contribution in [2.75, 3.05) is 0 Å². The number of rotatable bonds is 1. The van der Waals surface area contributed by atoms with Crippen LogP contribution in [0.4, 0.5) is 0 Å². The van der Waals surface area contributed by atoms with Crippen molar-refractivity contribution < 1.29 is 9.53 Å². The Morgan fingerprint density at radius 3 is 2.79 bits per heavy atom. The van der Waals surface area contributed by atoms with Crippen molar-refractivity contribution in [1.82, 2.24) is 0 Å². The SMILES string of the molecule is CC1=CC(c2cccc(Br)c2)OC1=O. The van der Waals surface area contributed by atoms with Crippen molar-refractivity contribution in [3.8, 4) is 0 Å². The zero-order valence-electron chi connectivity index (χ0n) is 7.66. The Bertz CT molecular complexity index is 410. The van der Waals surface area contributed by atoms with E-state index in [0.29, 0.717) is 5.57 Å². The van der Waals surface area contributed by atoms with E-state index in [1.807, 2.05) is 30.3 Å². The standard InChI is InChI=1S/C11H9BrO2/c1-7-5-10(14-11(7)13)8-3-2-4-9(12)6-8/h2-6,10H,1H3. The van der Waals surface area contributed by atoms with E-state index in [2.05, 4.69) is 15.9 Å². The van der Waals surface area contributed by atoms with Crippen LogP contribution < -0.4 is 0 Å². The molecule has 0 N–H and O–H groups in total. The van der Waals surface area contributed by atoms with Crippen LogP contribution in [0.1, 0.15) is 18.6 Å². The molecule has 2 nitrogen and oxygen atoms in total. The smallest absolute Gasteiger partial charge is 0.334 e. The van der Waals surface area contributed by atoms with Gasteiger partial charge in [0, 0.05) is 10.0 Å². The first kappa shape index (κ1) is 9.46. The van der Waals surface area contributed by atoms with Gasteiger partial charge >= 0.3 is 5.97 Å². The highest BCUT2D eigenvalue weighted by Crippen LogP contribution is 2.28. The molecule has 14 heavy (non-hydrogen) atoms. The third-order valence-corrected chi connectivity index (χ3v) is 2.63. The average Bonchev–Trinajstić information content (AvgIpc) is 2.47. The van der Waals surface area contributed by atoms with Crippen LogP contribution in [0.3, 0.4) is 0 Å². The maximum absolute atomic E-state index is 11.1. The largest absolute Gasteiger partial charge is 0.450 e. The molecule has 0 saturated carbocycles. The van der Waals surface area contributed by atoms with Gasteiger partial charge in [-0.05, 0) is 30.7 Å². The summed E-state index contributed by atoms with van der Waals surface area (Å²) in [6, 6.07) is 7.76. The van der Waals surface area contributed by atoms with Crippen molar-refractivity contribution in [2.45, 2.75) is 13.0 Å². The first-order chi connectivity index (χ1) is 6.66. The minimum absolute atomic E-state index is 0.222. The van der Waals surface area contributed by atoms with E-state index in [1.54, 1.807) is 6.92 Å². The lowest BCUT2D eigenvalue weighted by molar-refractivity contribution is -0.139. The van der Waals surface area contributed by atoms with Gasteiger partial charge in [-0.2, -0.15) is 0 Å². The van der Waals surface area contributed by atoms with E-state index < -0.39 is 0 Å². The van der Waals surface area contributed by atoms with Gasteiger partial charge in [-0.3, -0.25) is 0 Å². The first-order valence-electron chi connectivity index (χ1n) is 4.31. The second-order valence-corrected chi connectivity index (χ2v) is 4.15. The summed E-state index contributed by atoms with van der Waals surface area (Å²) in [4.78, 5) is 11.1. The van der Waals surface area contributed by atoms with Crippen molar-refractivity contribution in [1.29, 1.82) is 0 Å². The molecule has 0 saturated heterocycles. The Labute approximate surface area is 90.7 Å². The Balaban J connectivity index is 2.30. The molecular formula is C11H9BrO2. The van der Waals surface area contributed by atoms with E-state index >= 15 is 0 Å². The van der Waals surface area contributed by atoms with Crippen LogP contribution in [0.2, 0.25) is 0 Å². The van der Waals surface area contributed by atoms with Crippen LogP contribution in [0.5, 0.6) is 0 Å². The Morgan fingerprint density at radius 2 is 2.21 bits per heavy atom. The molecule has 1 atom stereocenters. The lowest BCUT2D eigenvalue weighted by Gasteiger charge is -2.08. The number of carbonyl (C=O) groups excluding carboxylic acids is 1. The zero-order chi connectivity index (χ0) is 10.1. The number of hydrogen-bond acceptors (Lipinski definition) is 2. The Morgan fingerprint density at radius 1 is 1.43 bits per heavy atom. The highest BCUT2D eigenvalue weighted by atomic mass is 79.9. The van der Waals surface area contributed by atoms with E-state index in [1.165, 1.54) is 0 Å². The quantitative estimate of drug-likeness (QED) is 0.719. The summed E-state index contributed by atoms with van der Waals surface area (Å²) in [6.45, 7) is 1.76. The number of cyclic esters (lactones) is 1. The first-order valence-corrected chi connectivity index (χ1v) is 5.11.